The molecule has 2 aliphatic rings. The molecular formula is C13H25N3O. The molecule has 0 aromatic rings. The summed E-state index contributed by atoms with van der Waals surface area (Å²) in [4.78, 5) is 5.01. The fraction of sp³-hybridized carbons (Fsp3) is 0.846. The number of rotatable bonds is 4. The number of nitrogens with one attached hydrogen (secondary N) is 1. The summed E-state index contributed by atoms with van der Waals surface area (Å²) in [6, 6.07) is 0.546. The Kier molecular flexibility index (Phi) is 4.98. The van der Waals surface area contributed by atoms with E-state index in [9.17, 15) is 0 Å². The molecule has 4 nitrogen and oxygen atoms in total. The predicted molar refractivity (Wildman–Crippen MR) is 70.1 cm³/mol. The third-order valence-electron chi connectivity index (χ3n) is 3.85. The summed E-state index contributed by atoms with van der Waals surface area (Å²) in [5.74, 6) is 0. The zero-order valence-electron chi connectivity index (χ0n) is 11.1. The Bertz CT molecular complexity index is 255. The van der Waals surface area contributed by atoms with Crippen molar-refractivity contribution in [2.45, 2.75) is 19.9 Å². The van der Waals surface area contributed by atoms with Crippen molar-refractivity contribution in [3.05, 3.63) is 11.6 Å². The lowest BCUT2D eigenvalue weighted by molar-refractivity contribution is 0.0257. The smallest absolute Gasteiger partial charge is 0.0594 e. The fourth-order valence-electron chi connectivity index (χ4n) is 2.61. The Balaban J connectivity index is 1.87. The zero-order chi connectivity index (χ0) is 12.1. The van der Waals surface area contributed by atoms with Crippen LogP contribution in [0, 0.1) is 0 Å². The third-order valence-corrected chi connectivity index (χ3v) is 3.85. The molecule has 0 saturated carbocycles. The van der Waals surface area contributed by atoms with Gasteiger partial charge in [-0.05, 0) is 19.4 Å². The van der Waals surface area contributed by atoms with Crippen LogP contribution in [0.1, 0.15) is 13.8 Å². The average Bonchev–Trinajstić information content (AvgIpc) is 2.89. The summed E-state index contributed by atoms with van der Waals surface area (Å²) in [5.41, 5.74) is 1.54. The summed E-state index contributed by atoms with van der Waals surface area (Å²) in [6.07, 6.45) is 2.29. The maximum Gasteiger partial charge on any atom is 0.0594 e. The van der Waals surface area contributed by atoms with E-state index in [0.29, 0.717) is 6.04 Å². The van der Waals surface area contributed by atoms with Gasteiger partial charge in [0.15, 0.2) is 0 Å². The van der Waals surface area contributed by atoms with Gasteiger partial charge in [0.25, 0.3) is 0 Å². The second-order valence-electron chi connectivity index (χ2n) is 4.90. The molecule has 17 heavy (non-hydrogen) atoms. The monoisotopic (exact) mass is 239 g/mol. The van der Waals surface area contributed by atoms with Gasteiger partial charge in [0.2, 0.25) is 0 Å². The fourth-order valence-corrected chi connectivity index (χ4v) is 2.61. The topological polar surface area (TPSA) is 27.7 Å². The molecule has 2 fully saturated rings. The molecule has 2 heterocycles. The highest BCUT2D eigenvalue weighted by Crippen LogP contribution is 2.14. The van der Waals surface area contributed by atoms with Crippen LogP contribution in [0.2, 0.25) is 0 Å². The van der Waals surface area contributed by atoms with Crippen molar-refractivity contribution in [2.75, 3.05) is 52.6 Å². The molecule has 1 N–H and O–H groups in total. The van der Waals surface area contributed by atoms with E-state index >= 15 is 0 Å². The molecule has 0 amide bonds. The van der Waals surface area contributed by atoms with Crippen molar-refractivity contribution in [2.24, 2.45) is 0 Å². The molecule has 0 radical (unpaired) electrons. The van der Waals surface area contributed by atoms with Crippen LogP contribution in [0.15, 0.2) is 11.6 Å². The van der Waals surface area contributed by atoms with Crippen molar-refractivity contribution >= 4 is 0 Å². The SMILES string of the molecule is C/C=C(/CN1CCNC1)C(C)N1CCOCC1. The average molecular weight is 239 g/mol. The van der Waals surface area contributed by atoms with Crippen LogP contribution in [0.5, 0.6) is 0 Å². The van der Waals surface area contributed by atoms with Crippen LogP contribution in [-0.2, 0) is 4.74 Å². The van der Waals surface area contributed by atoms with Crippen molar-refractivity contribution in [1.29, 1.82) is 0 Å². The minimum Gasteiger partial charge on any atom is -0.379 e. The summed E-state index contributed by atoms with van der Waals surface area (Å²) in [7, 11) is 0. The molecule has 0 spiro atoms. The Hall–Kier alpha value is -0.420. The lowest BCUT2D eigenvalue weighted by atomic mass is 10.1. The Labute approximate surface area is 105 Å². The normalized spacial score (nSPS) is 26.4. The second-order valence-corrected chi connectivity index (χ2v) is 4.90. The quantitative estimate of drug-likeness (QED) is 0.724. The van der Waals surface area contributed by atoms with Crippen LogP contribution in [0.25, 0.3) is 0 Å². The van der Waals surface area contributed by atoms with Crippen molar-refractivity contribution in [1.82, 2.24) is 15.1 Å². The Morgan fingerprint density at radius 1 is 1.35 bits per heavy atom. The number of nitrogens with zero attached hydrogens (tertiary/aromatic N) is 2. The molecule has 2 rings (SSSR count). The van der Waals surface area contributed by atoms with E-state index < -0.39 is 0 Å². The maximum atomic E-state index is 5.42. The molecule has 0 aromatic carbocycles. The molecular weight excluding hydrogens is 214 g/mol. The van der Waals surface area contributed by atoms with Gasteiger partial charge in [-0.2, -0.15) is 0 Å². The molecule has 1 unspecified atom stereocenters. The molecule has 1 atom stereocenters. The van der Waals surface area contributed by atoms with E-state index in [0.717, 1.165) is 46.1 Å². The van der Waals surface area contributed by atoms with E-state index in [1.165, 1.54) is 12.1 Å². The van der Waals surface area contributed by atoms with Crippen molar-refractivity contribution in [3.8, 4) is 0 Å². The van der Waals surface area contributed by atoms with Gasteiger partial charge in [-0.15, -0.1) is 0 Å². The van der Waals surface area contributed by atoms with Gasteiger partial charge in [-0.1, -0.05) is 6.08 Å². The van der Waals surface area contributed by atoms with E-state index in [4.69, 9.17) is 4.74 Å². The van der Waals surface area contributed by atoms with Crippen LogP contribution in [-0.4, -0.2) is 68.4 Å². The molecule has 0 aliphatic carbocycles. The lowest BCUT2D eigenvalue weighted by Crippen LogP contribution is -2.44. The Morgan fingerprint density at radius 3 is 2.71 bits per heavy atom. The number of hydrogen-bond donors (Lipinski definition) is 1. The molecule has 2 saturated heterocycles. The summed E-state index contributed by atoms with van der Waals surface area (Å²) >= 11 is 0. The van der Waals surface area contributed by atoms with Gasteiger partial charge in [0.05, 0.1) is 13.2 Å². The van der Waals surface area contributed by atoms with E-state index in [1.807, 2.05) is 0 Å². The van der Waals surface area contributed by atoms with Crippen molar-refractivity contribution < 1.29 is 4.74 Å². The van der Waals surface area contributed by atoms with Gasteiger partial charge < -0.3 is 10.1 Å². The van der Waals surface area contributed by atoms with Gasteiger partial charge in [0, 0.05) is 45.4 Å². The molecule has 0 bridgehead atoms. The van der Waals surface area contributed by atoms with E-state index in [1.54, 1.807) is 0 Å². The number of hydrogen-bond acceptors (Lipinski definition) is 4. The minimum atomic E-state index is 0.546. The highest BCUT2D eigenvalue weighted by atomic mass is 16.5. The van der Waals surface area contributed by atoms with Gasteiger partial charge >= 0.3 is 0 Å². The van der Waals surface area contributed by atoms with Crippen LogP contribution in [0.4, 0.5) is 0 Å². The second kappa shape index (κ2) is 6.50. The first-order valence-corrected chi connectivity index (χ1v) is 6.71. The molecule has 2 aliphatic heterocycles. The van der Waals surface area contributed by atoms with E-state index in [2.05, 4.69) is 35.0 Å². The largest absolute Gasteiger partial charge is 0.379 e. The van der Waals surface area contributed by atoms with Crippen LogP contribution < -0.4 is 5.32 Å². The first-order chi connectivity index (χ1) is 8.31. The third kappa shape index (κ3) is 3.52. The number of ether oxygens (including phenoxy) is 1. The van der Waals surface area contributed by atoms with Crippen molar-refractivity contribution in [3.63, 3.8) is 0 Å². The molecule has 0 aromatic heterocycles. The minimum absolute atomic E-state index is 0.546. The first kappa shape index (κ1) is 13.0. The number of morpholine rings is 1. The summed E-state index contributed by atoms with van der Waals surface area (Å²) in [6.45, 7) is 12.8. The summed E-state index contributed by atoms with van der Waals surface area (Å²) in [5, 5.41) is 3.39. The highest BCUT2D eigenvalue weighted by molar-refractivity contribution is 5.12. The van der Waals surface area contributed by atoms with Gasteiger partial charge in [-0.3, -0.25) is 9.80 Å². The van der Waals surface area contributed by atoms with Crippen LogP contribution in [0.3, 0.4) is 0 Å². The van der Waals surface area contributed by atoms with E-state index in [-0.39, 0.29) is 0 Å². The standard InChI is InChI=1S/C13H25N3O/c1-3-13(10-15-5-4-14-11-15)12(2)16-6-8-17-9-7-16/h3,12,14H,4-11H2,1-2H3/b13-3-. The van der Waals surface area contributed by atoms with Crippen LogP contribution >= 0.6 is 0 Å². The zero-order valence-corrected chi connectivity index (χ0v) is 11.1. The molecule has 98 valence electrons. The summed E-state index contributed by atoms with van der Waals surface area (Å²) < 4.78 is 5.42. The highest BCUT2D eigenvalue weighted by Gasteiger charge is 2.22. The molecule has 4 heteroatoms. The predicted octanol–water partition coefficient (Wildman–Crippen LogP) is 0.516. The first-order valence-electron chi connectivity index (χ1n) is 6.71. The number of allylic oxidation sites excluding steroid dienone is 1. The Morgan fingerprint density at radius 2 is 2.12 bits per heavy atom. The van der Waals surface area contributed by atoms with Gasteiger partial charge in [0.1, 0.15) is 0 Å². The van der Waals surface area contributed by atoms with Gasteiger partial charge in [-0.25, -0.2) is 0 Å². The maximum absolute atomic E-state index is 5.42. The lowest BCUT2D eigenvalue weighted by Gasteiger charge is -2.34.